The Bertz CT molecular complexity index is 1370. The molecule has 3 unspecified atom stereocenters. The third-order valence-corrected chi connectivity index (χ3v) is 7.26. The fourth-order valence-electron chi connectivity index (χ4n) is 4.40. The number of alkyl carbamates (subject to hydrolysis) is 1. The van der Waals surface area contributed by atoms with E-state index in [1.807, 2.05) is 56.5 Å². The summed E-state index contributed by atoms with van der Waals surface area (Å²) in [5.74, 6) is -1.42. The topological polar surface area (TPSA) is 114 Å². The molecule has 2 aromatic carbocycles. The molecule has 2 aromatic rings. The molecule has 45 heavy (non-hydrogen) atoms. The summed E-state index contributed by atoms with van der Waals surface area (Å²) in [6.07, 6.45) is 7.45. The van der Waals surface area contributed by atoms with Crippen LogP contribution in [0.4, 0.5) is 4.79 Å². The number of nitrogens with zero attached hydrogens (tertiary/aromatic N) is 1. The van der Waals surface area contributed by atoms with Crippen molar-refractivity contribution >= 4 is 35.6 Å². The highest BCUT2D eigenvalue weighted by Gasteiger charge is 2.38. The van der Waals surface area contributed by atoms with Gasteiger partial charge in [-0.15, -0.1) is 0 Å². The molecule has 0 spiro atoms. The maximum Gasteiger partial charge on any atom is 0.408 e. The lowest BCUT2D eigenvalue weighted by atomic mass is 9.97. The van der Waals surface area contributed by atoms with Crippen LogP contribution in [0.3, 0.4) is 0 Å². The SMILES string of the molecule is C#CN(C(=O)C(CCSC)NC(=O)OC(C)(C)C)C(C(=O)NC(Cc1ccccc1)C(=O)OC(C)(C)C)c1ccc(C)c(C)c1. The van der Waals surface area contributed by atoms with Crippen LogP contribution >= 0.6 is 11.8 Å². The second-order valence-electron chi connectivity index (χ2n) is 12.8. The fraction of sp³-hybridized carbons (Fsp3) is 0.486. The molecule has 244 valence electrons. The molecule has 3 amide bonds. The molecule has 0 fully saturated rings. The van der Waals surface area contributed by atoms with Crippen molar-refractivity contribution in [1.29, 1.82) is 0 Å². The Morgan fingerprint density at radius 3 is 2.04 bits per heavy atom. The number of thioether (sulfide) groups is 1. The summed E-state index contributed by atoms with van der Waals surface area (Å²) in [5, 5.41) is 5.46. The monoisotopic (exact) mass is 637 g/mol. The van der Waals surface area contributed by atoms with Gasteiger partial charge in [-0.25, -0.2) is 9.59 Å². The van der Waals surface area contributed by atoms with Crippen molar-refractivity contribution in [2.45, 2.75) is 97.6 Å². The Morgan fingerprint density at radius 2 is 1.51 bits per heavy atom. The minimum absolute atomic E-state index is 0.154. The summed E-state index contributed by atoms with van der Waals surface area (Å²) in [4.78, 5) is 55.4. The predicted octanol–water partition coefficient (Wildman–Crippen LogP) is 5.48. The van der Waals surface area contributed by atoms with Crippen LogP contribution in [0.1, 0.15) is 76.3 Å². The molecule has 0 aliphatic rings. The summed E-state index contributed by atoms with van der Waals surface area (Å²) in [6, 6.07) is 13.5. The van der Waals surface area contributed by atoms with E-state index in [1.165, 1.54) is 11.8 Å². The van der Waals surface area contributed by atoms with Gasteiger partial charge in [0.05, 0.1) is 0 Å². The molecular weight excluding hydrogens is 590 g/mol. The highest BCUT2D eigenvalue weighted by Crippen LogP contribution is 2.26. The Kier molecular flexibility index (Phi) is 13.5. The lowest BCUT2D eigenvalue weighted by Gasteiger charge is -2.32. The number of amides is 3. The standard InChI is InChI=1S/C35H47N3O6S/c1-11-38(31(40)27(19-20-45-10)37-33(42)44-35(7,8)9)29(26-18-17-23(2)24(3)21-26)30(39)36-28(32(41)43-34(4,5)6)22-25-15-13-12-14-16-25/h1,12-18,21,27-29H,19-20,22H2,2-10H3,(H,36,39)(H,37,42). The molecule has 0 saturated heterocycles. The first-order valence-electron chi connectivity index (χ1n) is 14.9. The molecular formula is C35H47N3O6S. The molecule has 0 aliphatic heterocycles. The number of carbonyl (C=O) groups is 4. The number of benzene rings is 2. The average molecular weight is 638 g/mol. The molecule has 0 saturated carbocycles. The largest absolute Gasteiger partial charge is 0.458 e. The Hall–Kier alpha value is -3.97. The van der Waals surface area contributed by atoms with Crippen molar-refractivity contribution in [3.8, 4) is 12.5 Å². The van der Waals surface area contributed by atoms with Gasteiger partial charge in [0.25, 0.3) is 5.91 Å². The van der Waals surface area contributed by atoms with Crippen LogP contribution in [0.25, 0.3) is 0 Å². The van der Waals surface area contributed by atoms with Crippen molar-refractivity contribution in [3.63, 3.8) is 0 Å². The number of terminal acetylenes is 1. The van der Waals surface area contributed by atoms with Gasteiger partial charge in [-0.2, -0.15) is 11.8 Å². The molecule has 0 bridgehead atoms. The van der Waals surface area contributed by atoms with Crippen molar-refractivity contribution in [3.05, 3.63) is 70.8 Å². The highest BCUT2D eigenvalue weighted by molar-refractivity contribution is 7.98. The molecule has 0 aromatic heterocycles. The van der Waals surface area contributed by atoms with Gasteiger partial charge in [0, 0.05) is 12.5 Å². The minimum atomic E-state index is -1.32. The Morgan fingerprint density at radius 1 is 0.889 bits per heavy atom. The smallest absolute Gasteiger partial charge is 0.408 e. The average Bonchev–Trinajstić information content (AvgIpc) is 2.93. The molecule has 9 nitrogen and oxygen atoms in total. The van der Waals surface area contributed by atoms with Gasteiger partial charge in [0.2, 0.25) is 5.91 Å². The molecule has 10 heteroatoms. The van der Waals surface area contributed by atoms with Crippen LogP contribution in [-0.2, 0) is 30.3 Å². The lowest BCUT2D eigenvalue weighted by Crippen LogP contribution is -2.53. The molecule has 0 radical (unpaired) electrons. The van der Waals surface area contributed by atoms with Gasteiger partial charge in [0.1, 0.15) is 29.3 Å². The van der Waals surface area contributed by atoms with Gasteiger partial charge in [-0.05, 0) is 96.1 Å². The van der Waals surface area contributed by atoms with Crippen LogP contribution in [0, 0.1) is 26.3 Å². The van der Waals surface area contributed by atoms with Crippen LogP contribution in [0.15, 0.2) is 48.5 Å². The number of hydrogen-bond acceptors (Lipinski definition) is 7. The third kappa shape index (κ3) is 12.1. The molecule has 0 aliphatic carbocycles. The minimum Gasteiger partial charge on any atom is -0.458 e. The van der Waals surface area contributed by atoms with Gasteiger partial charge in [-0.1, -0.05) is 55.0 Å². The number of rotatable bonds is 12. The van der Waals surface area contributed by atoms with Gasteiger partial charge in [0.15, 0.2) is 0 Å². The zero-order chi connectivity index (χ0) is 33.9. The second kappa shape index (κ2) is 16.4. The van der Waals surface area contributed by atoms with Crippen molar-refractivity contribution in [1.82, 2.24) is 15.5 Å². The van der Waals surface area contributed by atoms with Gasteiger partial charge < -0.3 is 20.1 Å². The predicted molar refractivity (Wildman–Crippen MR) is 178 cm³/mol. The number of nitrogens with one attached hydrogen (secondary N) is 2. The van der Waals surface area contributed by atoms with Crippen LogP contribution in [0.5, 0.6) is 0 Å². The zero-order valence-electron chi connectivity index (χ0n) is 27.9. The van der Waals surface area contributed by atoms with E-state index in [4.69, 9.17) is 15.9 Å². The number of carbonyl (C=O) groups excluding carboxylic acids is 4. The number of hydrogen-bond donors (Lipinski definition) is 2. The van der Waals surface area contributed by atoms with E-state index in [9.17, 15) is 19.2 Å². The van der Waals surface area contributed by atoms with E-state index >= 15 is 0 Å². The second-order valence-corrected chi connectivity index (χ2v) is 13.8. The van der Waals surface area contributed by atoms with Crippen LogP contribution < -0.4 is 10.6 Å². The first-order valence-corrected chi connectivity index (χ1v) is 16.3. The normalized spacial score (nSPS) is 13.4. The van der Waals surface area contributed by atoms with Gasteiger partial charge in [-0.3, -0.25) is 14.5 Å². The number of ether oxygens (including phenoxy) is 2. The van der Waals surface area contributed by atoms with Crippen molar-refractivity contribution in [2.24, 2.45) is 0 Å². The van der Waals surface area contributed by atoms with Crippen LogP contribution in [-0.4, -0.2) is 64.1 Å². The van der Waals surface area contributed by atoms with E-state index in [0.717, 1.165) is 21.6 Å². The summed E-state index contributed by atoms with van der Waals surface area (Å²) < 4.78 is 11.1. The lowest BCUT2D eigenvalue weighted by molar-refractivity contribution is -0.159. The van der Waals surface area contributed by atoms with E-state index in [1.54, 1.807) is 53.7 Å². The maximum atomic E-state index is 14.2. The summed E-state index contributed by atoms with van der Waals surface area (Å²) in [5.41, 5.74) is 1.53. The summed E-state index contributed by atoms with van der Waals surface area (Å²) >= 11 is 1.49. The van der Waals surface area contributed by atoms with E-state index in [0.29, 0.717) is 11.3 Å². The van der Waals surface area contributed by atoms with E-state index in [2.05, 4.69) is 16.7 Å². The first kappa shape index (κ1) is 37.2. The summed E-state index contributed by atoms with van der Waals surface area (Å²) in [7, 11) is 0. The quantitative estimate of drug-likeness (QED) is 0.180. The van der Waals surface area contributed by atoms with Crippen molar-refractivity contribution in [2.75, 3.05) is 12.0 Å². The number of aryl methyl sites for hydroxylation is 2. The van der Waals surface area contributed by atoms with Crippen molar-refractivity contribution < 1.29 is 28.7 Å². The number of esters is 1. The molecule has 3 atom stereocenters. The Labute approximate surface area is 272 Å². The van der Waals surface area contributed by atoms with E-state index in [-0.39, 0.29) is 12.8 Å². The molecule has 2 rings (SSSR count). The zero-order valence-corrected chi connectivity index (χ0v) is 28.7. The highest BCUT2D eigenvalue weighted by atomic mass is 32.2. The van der Waals surface area contributed by atoms with E-state index < -0.39 is 53.2 Å². The fourth-order valence-corrected chi connectivity index (χ4v) is 4.87. The summed E-state index contributed by atoms with van der Waals surface area (Å²) in [6.45, 7) is 14.2. The van der Waals surface area contributed by atoms with Gasteiger partial charge >= 0.3 is 12.1 Å². The first-order chi connectivity index (χ1) is 21.0. The third-order valence-electron chi connectivity index (χ3n) is 6.62. The Balaban J connectivity index is 2.56. The molecule has 2 N–H and O–H groups in total. The van der Waals surface area contributed by atoms with Crippen LogP contribution in [0.2, 0.25) is 0 Å². The maximum absolute atomic E-state index is 14.2. The molecule has 0 heterocycles.